The van der Waals surface area contributed by atoms with Crippen molar-refractivity contribution in [1.29, 1.82) is 0 Å². The van der Waals surface area contributed by atoms with Crippen LogP contribution >= 0.6 is 0 Å². The van der Waals surface area contributed by atoms with Gasteiger partial charge >= 0.3 is 0 Å². The summed E-state index contributed by atoms with van der Waals surface area (Å²) in [6, 6.07) is 18.0. The van der Waals surface area contributed by atoms with Gasteiger partial charge in [-0.15, -0.1) is 0 Å². The van der Waals surface area contributed by atoms with Gasteiger partial charge in [-0.3, -0.25) is 4.79 Å². The normalized spacial score (nSPS) is 16.1. The van der Waals surface area contributed by atoms with E-state index in [0.29, 0.717) is 0 Å². The number of carbonyl (C=O) groups is 1. The van der Waals surface area contributed by atoms with Crippen molar-refractivity contribution in [3.8, 4) is 11.8 Å². The molecule has 3 rings (SSSR count). The Morgan fingerprint density at radius 2 is 1.74 bits per heavy atom. The second kappa shape index (κ2) is 6.54. The van der Waals surface area contributed by atoms with Gasteiger partial charge in [0.1, 0.15) is 0 Å². The summed E-state index contributed by atoms with van der Waals surface area (Å²) < 4.78 is 0. The third-order valence-corrected chi connectivity index (χ3v) is 4.11. The number of carbonyl (C=O) groups excluding carboxylic acids is 1. The zero-order valence-electron chi connectivity index (χ0n) is 13.5. The molecular formula is C21H19NO. The lowest BCUT2D eigenvalue weighted by atomic mass is 9.95. The topological polar surface area (TPSA) is 20.3 Å². The van der Waals surface area contributed by atoms with Crippen LogP contribution in [0.3, 0.4) is 0 Å². The first-order valence-corrected chi connectivity index (χ1v) is 7.78. The predicted octanol–water partition coefficient (Wildman–Crippen LogP) is 3.53. The van der Waals surface area contributed by atoms with Crippen molar-refractivity contribution >= 4 is 11.5 Å². The first-order chi connectivity index (χ1) is 11.2. The average Bonchev–Trinajstić information content (AvgIpc) is 2.71. The molecule has 0 N–H and O–H groups in total. The fourth-order valence-electron chi connectivity index (χ4n) is 2.79. The van der Waals surface area contributed by atoms with Crippen LogP contribution in [-0.2, 0) is 11.2 Å². The van der Waals surface area contributed by atoms with Crippen LogP contribution in [0.1, 0.15) is 23.6 Å². The largest absolute Gasteiger partial charge is 0.341 e. The molecule has 0 saturated carbocycles. The standard InChI is InChI=1S/C21H19NO/c1-16(12-13-17-8-4-3-5-9-17)20-19-11-7-6-10-18(19)14-15-22(2)21(20)23/h3-11H,14-15H2,1-2H3/b20-16+. The lowest BCUT2D eigenvalue weighted by Gasteiger charge is -2.15. The van der Waals surface area contributed by atoms with E-state index in [0.717, 1.165) is 35.2 Å². The number of hydrogen-bond acceptors (Lipinski definition) is 1. The van der Waals surface area contributed by atoms with Crippen LogP contribution in [0.2, 0.25) is 0 Å². The first-order valence-electron chi connectivity index (χ1n) is 7.78. The number of rotatable bonds is 0. The highest BCUT2D eigenvalue weighted by atomic mass is 16.2. The van der Waals surface area contributed by atoms with Crippen molar-refractivity contribution < 1.29 is 4.79 Å². The molecule has 0 bridgehead atoms. The monoisotopic (exact) mass is 301 g/mol. The maximum absolute atomic E-state index is 12.8. The lowest BCUT2D eigenvalue weighted by molar-refractivity contribution is -0.123. The van der Waals surface area contributed by atoms with E-state index < -0.39 is 0 Å². The molecule has 114 valence electrons. The predicted molar refractivity (Wildman–Crippen MR) is 93.7 cm³/mol. The molecule has 2 nitrogen and oxygen atoms in total. The van der Waals surface area contributed by atoms with Gasteiger partial charge in [0.25, 0.3) is 5.91 Å². The second-order valence-corrected chi connectivity index (χ2v) is 5.75. The number of allylic oxidation sites excluding steroid dienone is 1. The number of hydrogen-bond donors (Lipinski definition) is 0. The Morgan fingerprint density at radius 3 is 2.52 bits per heavy atom. The van der Waals surface area contributed by atoms with Gasteiger partial charge in [-0.25, -0.2) is 0 Å². The molecule has 1 aliphatic rings. The molecule has 2 aromatic rings. The molecule has 2 aromatic carbocycles. The number of likely N-dealkylation sites (N-methyl/N-ethyl adjacent to an activating group) is 1. The van der Waals surface area contributed by atoms with E-state index in [-0.39, 0.29) is 5.91 Å². The minimum absolute atomic E-state index is 0.0508. The SMILES string of the molecule is C/C(C#Cc1ccccc1)=C1\C(=O)N(C)CCc2ccccc21. The molecular weight excluding hydrogens is 282 g/mol. The Bertz CT molecular complexity index is 822. The quantitative estimate of drug-likeness (QED) is 0.538. The van der Waals surface area contributed by atoms with Crippen LogP contribution < -0.4 is 0 Å². The number of benzene rings is 2. The van der Waals surface area contributed by atoms with E-state index in [9.17, 15) is 4.79 Å². The van der Waals surface area contributed by atoms with Crippen LogP contribution in [0.15, 0.2) is 60.2 Å². The van der Waals surface area contributed by atoms with Gasteiger partial charge in [-0.1, -0.05) is 54.3 Å². The van der Waals surface area contributed by atoms with Gasteiger partial charge in [0.2, 0.25) is 0 Å². The first kappa shape index (κ1) is 15.1. The van der Waals surface area contributed by atoms with Crippen molar-refractivity contribution in [3.05, 3.63) is 76.9 Å². The highest BCUT2D eigenvalue weighted by Crippen LogP contribution is 2.27. The summed E-state index contributed by atoms with van der Waals surface area (Å²) in [5.41, 5.74) is 4.72. The van der Waals surface area contributed by atoms with Crippen molar-refractivity contribution in [2.75, 3.05) is 13.6 Å². The van der Waals surface area contributed by atoms with Crippen molar-refractivity contribution in [1.82, 2.24) is 4.90 Å². The molecule has 0 atom stereocenters. The smallest absolute Gasteiger partial charge is 0.255 e. The molecule has 1 amide bonds. The third-order valence-electron chi connectivity index (χ3n) is 4.11. The summed E-state index contributed by atoms with van der Waals surface area (Å²) in [6.45, 7) is 2.66. The number of amides is 1. The third kappa shape index (κ3) is 3.19. The highest BCUT2D eigenvalue weighted by Gasteiger charge is 2.24. The highest BCUT2D eigenvalue weighted by molar-refractivity contribution is 6.21. The fourth-order valence-corrected chi connectivity index (χ4v) is 2.79. The molecule has 23 heavy (non-hydrogen) atoms. The lowest BCUT2D eigenvalue weighted by Crippen LogP contribution is -2.27. The minimum atomic E-state index is 0.0508. The summed E-state index contributed by atoms with van der Waals surface area (Å²) in [5, 5.41) is 0. The molecule has 1 aliphatic heterocycles. The zero-order valence-corrected chi connectivity index (χ0v) is 13.5. The van der Waals surface area contributed by atoms with E-state index in [1.54, 1.807) is 4.90 Å². The molecule has 0 aromatic heterocycles. The van der Waals surface area contributed by atoms with E-state index >= 15 is 0 Å². The van der Waals surface area contributed by atoms with Crippen LogP contribution in [0.5, 0.6) is 0 Å². The van der Waals surface area contributed by atoms with E-state index in [1.165, 1.54) is 5.56 Å². The summed E-state index contributed by atoms with van der Waals surface area (Å²) >= 11 is 0. The van der Waals surface area contributed by atoms with Gasteiger partial charge in [0.15, 0.2) is 0 Å². The number of nitrogens with zero attached hydrogens (tertiary/aromatic N) is 1. The molecule has 0 aliphatic carbocycles. The van der Waals surface area contributed by atoms with Crippen LogP contribution in [-0.4, -0.2) is 24.4 Å². The summed E-state index contributed by atoms with van der Waals surface area (Å²) in [5.74, 6) is 6.37. The minimum Gasteiger partial charge on any atom is -0.341 e. The fraction of sp³-hybridized carbons (Fsp3) is 0.190. The molecule has 0 fully saturated rings. The second-order valence-electron chi connectivity index (χ2n) is 5.75. The molecule has 2 heteroatoms. The Kier molecular flexibility index (Phi) is 4.30. The molecule has 0 unspecified atom stereocenters. The zero-order chi connectivity index (χ0) is 16.2. The summed E-state index contributed by atoms with van der Waals surface area (Å²) in [6.07, 6.45) is 0.876. The summed E-state index contributed by atoms with van der Waals surface area (Å²) in [4.78, 5) is 14.5. The molecule has 1 heterocycles. The van der Waals surface area contributed by atoms with Crippen LogP contribution in [0.4, 0.5) is 0 Å². The van der Waals surface area contributed by atoms with Crippen molar-refractivity contribution in [3.63, 3.8) is 0 Å². The van der Waals surface area contributed by atoms with Crippen LogP contribution in [0, 0.1) is 11.8 Å². The Labute approximate surface area is 137 Å². The van der Waals surface area contributed by atoms with Gasteiger partial charge in [-0.05, 0) is 36.6 Å². The Balaban J connectivity index is 2.11. The van der Waals surface area contributed by atoms with E-state index in [2.05, 4.69) is 17.9 Å². The maximum Gasteiger partial charge on any atom is 0.255 e. The molecule has 0 saturated heterocycles. The van der Waals surface area contributed by atoms with Crippen molar-refractivity contribution in [2.45, 2.75) is 13.3 Å². The van der Waals surface area contributed by atoms with Crippen LogP contribution in [0.25, 0.3) is 5.57 Å². The van der Waals surface area contributed by atoms with E-state index in [4.69, 9.17) is 0 Å². The summed E-state index contributed by atoms with van der Waals surface area (Å²) in [7, 11) is 1.85. The van der Waals surface area contributed by atoms with Crippen molar-refractivity contribution in [2.24, 2.45) is 0 Å². The van der Waals surface area contributed by atoms with Gasteiger partial charge in [-0.2, -0.15) is 0 Å². The van der Waals surface area contributed by atoms with Gasteiger partial charge < -0.3 is 4.90 Å². The van der Waals surface area contributed by atoms with E-state index in [1.807, 2.05) is 62.5 Å². The van der Waals surface area contributed by atoms with Gasteiger partial charge in [0, 0.05) is 24.7 Å². The number of fused-ring (bicyclic) bond motifs is 1. The Morgan fingerprint density at radius 1 is 1.04 bits per heavy atom. The Hall–Kier alpha value is -2.79. The van der Waals surface area contributed by atoms with Gasteiger partial charge in [0.05, 0.1) is 5.57 Å². The molecule has 0 radical (unpaired) electrons. The maximum atomic E-state index is 12.8. The average molecular weight is 301 g/mol. The molecule has 0 spiro atoms.